The number of rotatable bonds is 48. The van der Waals surface area contributed by atoms with Gasteiger partial charge in [-0.1, -0.05) is 91.3 Å². The van der Waals surface area contributed by atoms with Crippen molar-refractivity contribution in [3.8, 4) is 0 Å². The number of fused-ring (bicyclic) bond motifs is 2. The molecular weight excluding hydrogens is 1580 g/mol. The van der Waals surface area contributed by atoms with E-state index in [2.05, 4.69) is 42.2 Å². The Morgan fingerprint density at radius 2 is 1.45 bits per heavy atom. The molecule has 3 aromatic rings. The lowest BCUT2D eigenvalue weighted by Crippen LogP contribution is -2.60. The number of nitrogens with one attached hydrogen (secondary N) is 7. The summed E-state index contributed by atoms with van der Waals surface area (Å²) in [6.07, 6.45) is 2.66. The van der Waals surface area contributed by atoms with Crippen LogP contribution in [0.5, 0.6) is 0 Å². The zero-order chi connectivity index (χ0) is 87.5. The van der Waals surface area contributed by atoms with Crippen LogP contribution in [0.2, 0.25) is 0 Å². The van der Waals surface area contributed by atoms with E-state index in [0.717, 1.165) is 32.5 Å². The van der Waals surface area contributed by atoms with E-state index in [9.17, 15) is 77.0 Å². The minimum atomic E-state index is -4.51. The number of aromatic nitrogens is 1. The van der Waals surface area contributed by atoms with Crippen LogP contribution in [0.3, 0.4) is 0 Å². The Labute approximate surface area is 697 Å². The van der Waals surface area contributed by atoms with E-state index < -0.39 is 195 Å². The molecule has 3 fully saturated rings. The van der Waals surface area contributed by atoms with Gasteiger partial charge in [-0.05, 0) is 117 Å². The molecule has 36 nitrogen and oxygen atoms in total. The number of imide groups is 1. The molecular formula is C81H119N14O22PS. The molecule has 1 aliphatic carbocycles. The summed E-state index contributed by atoms with van der Waals surface area (Å²) in [5, 5.41) is 31.6. The Morgan fingerprint density at radius 3 is 2.08 bits per heavy atom. The van der Waals surface area contributed by atoms with Gasteiger partial charge in [-0.3, -0.25) is 71.9 Å². The van der Waals surface area contributed by atoms with Gasteiger partial charge in [0.25, 0.3) is 11.8 Å². The average molecular weight is 1700 g/mol. The summed E-state index contributed by atoms with van der Waals surface area (Å²) in [7, 11) is 1.46. The van der Waals surface area contributed by atoms with Gasteiger partial charge in [0.05, 0.1) is 68.6 Å². The first-order valence-corrected chi connectivity index (χ1v) is 43.2. The van der Waals surface area contributed by atoms with Crippen molar-refractivity contribution in [2.24, 2.45) is 35.3 Å². The van der Waals surface area contributed by atoms with Crippen molar-refractivity contribution in [2.45, 2.75) is 225 Å². The summed E-state index contributed by atoms with van der Waals surface area (Å²) in [5.41, 5.74) is 6.86. The number of likely N-dealkylation sites (N-methyl/N-ethyl adjacent to an activating group) is 2. The van der Waals surface area contributed by atoms with Crippen LogP contribution in [0.15, 0.2) is 72.3 Å². The van der Waals surface area contributed by atoms with Crippen molar-refractivity contribution >= 4 is 108 Å². The van der Waals surface area contributed by atoms with E-state index in [4.69, 9.17) is 24.7 Å². The van der Waals surface area contributed by atoms with Crippen LogP contribution in [0.4, 0.5) is 15.3 Å². The number of piperidine rings is 1. The Kier molecular flexibility index (Phi) is 37.4. The average Bonchev–Trinajstić information content (AvgIpc) is 1.61. The molecule has 12 N–H and O–H groups in total. The number of amides is 14. The maximum atomic E-state index is 15.2. The Bertz CT molecular complexity index is 4080. The van der Waals surface area contributed by atoms with Crippen LogP contribution >= 0.6 is 18.9 Å². The normalized spacial score (nSPS) is 18.9. The van der Waals surface area contributed by atoms with Gasteiger partial charge in [0.2, 0.25) is 53.2 Å². The molecule has 2 aromatic carbocycles. The molecule has 4 aliphatic rings. The van der Waals surface area contributed by atoms with E-state index in [1.54, 1.807) is 52.8 Å². The molecule has 656 valence electrons. The number of ether oxygens (including phenoxy) is 4. The van der Waals surface area contributed by atoms with Crippen molar-refractivity contribution in [3.63, 3.8) is 0 Å². The van der Waals surface area contributed by atoms with Gasteiger partial charge in [-0.25, -0.2) is 14.6 Å². The predicted molar refractivity (Wildman–Crippen MR) is 436 cm³/mol. The molecule has 7 rings (SSSR count). The first-order valence-electron chi connectivity index (χ1n) is 40.5. The summed E-state index contributed by atoms with van der Waals surface area (Å²) in [6.45, 7) is 11.8. The molecule has 14 amide bonds. The van der Waals surface area contributed by atoms with Crippen molar-refractivity contribution in [1.29, 1.82) is 0 Å². The number of primary amides is 1. The number of urea groups is 1. The number of carboxylic acid groups (broad SMARTS) is 1. The van der Waals surface area contributed by atoms with Crippen LogP contribution in [0.25, 0.3) is 0 Å². The fourth-order valence-corrected chi connectivity index (χ4v) is 17.1. The third kappa shape index (κ3) is 28.2. The molecule has 1 aromatic heterocycles. The second-order valence-corrected chi connectivity index (χ2v) is 34.3. The molecule has 0 radical (unpaired) electrons. The van der Waals surface area contributed by atoms with Crippen molar-refractivity contribution in [2.75, 3.05) is 72.6 Å². The number of hydrogen-bond acceptors (Lipinski definition) is 21. The molecule has 0 spiro atoms. The lowest BCUT2D eigenvalue weighted by molar-refractivity contribution is -0.148. The molecule has 3 aliphatic heterocycles. The van der Waals surface area contributed by atoms with E-state index in [0.29, 0.717) is 51.5 Å². The van der Waals surface area contributed by atoms with Crippen LogP contribution in [0.1, 0.15) is 166 Å². The largest absolute Gasteiger partial charge is 0.481 e. The zero-order valence-electron chi connectivity index (χ0n) is 69.6. The maximum absolute atomic E-state index is 15.2. The second kappa shape index (κ2) is 46.1. The van der Waals surface area contributed by atoms with Gasteiger partial charge >= 0.3 is 25.7 Å². The third-order valence-electron chi connectivity index (χ3n) is 22.3. The first kappa shape index (κ1) is 96.4. The fraction of sp³-hybridized carbons (Fsp3) is 0.617. The summed E-state index contributed by atoms with van der Waals surface area (Å²) in [6, 6.07) is 4.96. The van der Waals surface area contributed by atoms with Gasteiger partial charge in [-0.15, -0.1) is 11.3 Å². The number of aliphatic carboxylic acids is 1. The number of thiazole rings is 1. The molecule has 2 saturated heterocycles. The quantitative estimate of drug-likeness (QED) is 0.0212. The van der Waals surface area contributed by atoms with Gasteiger partial charge < -0.3 is 91.5 Å². The number of nitrogens with two attached hydrogens (primary N) is 1. The number of likely N-dealkylation sites (tertiary alicyclic amines) is 2. The van der Waals surface area contributed by atoms with E-state index >= 15 is 9.59 Å². The molecule has 38 heteroatoms. The highest BCUT2D eigenvalue weighted by molar-refractivity contribution is 7.51. The lowest BCUT2D eigenvalue weighted by Gasteiger charge is -2.41. The van der Waals surface area contributed by atoms with Crippen molar-refractivity contribution < 1.29 is 106 Å². The van der Waals surface area contributed by atoms with Crippen molar-refractivity contribution in [3.05, 3.63) is 94.0 Å². The van der Waals surface area contributed by atoms with Gasteiger partial charge in [0.15, 0.2) is 0 Å². The lowest BCUT2D eigenvalue weighted by atomic mass is 9.89. The Morgan fingerprint density at radius 1 is 0.756 bits per heavy atom. The molecule has 1 saturated carbocycles. The smallest absolute Gasteiger partial charge is 0.411 e. The molecule has 0 unspecified atom stereocenters. The number of nitrogens with zero attached hydrogens (tertiary/aromatic N) is 6. The number of hydrogen-bond donors (Lipinski definition) is 11. The Balaban J connectivity index is 1.08. The molecule has 4 heterocycles. The summed E-state index contributed by atoms with van der Waals surface area (Å²) >= 11 is 1.45. The van der Waals surface area contributed by atoms with E-state index in [1.165, 1.54) is 60.6 Å². The fourth-order valence-electron chi connectivity index (χ4n) is 15.8. The summed E-state index contributed by atoms with van der Waals surface area (Å²) < 4.78 is 35.5. The monoisotopic (exact) mass is 1700 g/mol. The summed E-state index contributed by atoms with van der Waals surface area (Å²) in [5.74, 6) is -10.0. The third-order valence-corrected chi connectivity index (χ3v) is 24.1. The number of carboxylic acids is 1. The highest BCUT2D eigenvalue weighted by atomic mass is 32.1. The summed E-state index contributed by atoms with van der Waals surface area (Å²) in [4.78, 5) is 221. The standard InChI is InChI=1S/C81H119N14O22PS/c1-12-49(6)70(61(114-10)44-66(100)93-35-17-22-60(93)72(115-11)50(7)73(103)88-59(77-83-34-40-119-77)41-51-19-14-13-15-20-51)92(9)79(108)69(48(4)5)90-76(106)71-52-25-27-56(43-52)95(71)81(110)117-46-53-24-26-55(42-54(53)45-91(8)78(107)58(28-31-67(101)102)86-62(96)23-18-39-118(111,112)113)85-74(104)57(21-16-33-84-80(82)109)87-75(105)68(47(2)3)89-63(97)32-37-116-38-36-94-64(98)29-30-65(94)99/h13-15,19-20,24,26,29-30,34,40,42,47-50,52,56-61,68-72H,12,16-18,21-23,25,27-28,31-33,35-39,41,43-46H2,1-11H3,(H,85,104)(H,86,96)(H,87,105)(H,88,103)(H,89,97)(H,90,106)(H,101,102)(H3,82,84,109)(H2,111,112,113)/t49-,50+,52-,56+,57-,58-,59-,60-,61+,68-,69-,70-,71-,72+/m0/s1. The van der Waals surface area contributed by atoms with Crippen molar-refractivity contribution in [1.82, 2.24) is 61.4 Å². The number of methoxy groups -OCH3 is 2. The van der Waals surface area contributed by atoms with Crippen LogP contribution < -0.4 is 43.0 Å². The SMILES string of the molecule is CC[C@H](C)[C@@H]([C@@H](CC(=O)N1CCC[C@H]1[C@H](OC)[C@@H](C)C(=O)N[C@@H](Cc1ccccc1)c1nccs1)OC)N(C)C(=O)[C@@H](NC(=O)[C@@H]1[C@H]2CC[C@H](C2)N1C(=O)OCc1ccc(NC(=O)[C@H](CCCNC(N)=O)NC(=O)[C@@H](NC(=O)CCOCCN2C(=O)C=CC2=O)C(C)C)cc1CN(C)C(=O)[C@H](CCC(=O)O)NC(=O)CCCP(=O)(O)O)C(C)C. The number of benzene rings is 2. The molecule has 119 heavy (non-hydrogen) atoms. The van der Waals surface area contributed by atoms with E-state index in [-0.39, 0.29) is 105 Å². The molecule has 2 bridgehead atoms. The Hall–Kier alpha value is -9.78. The highest BCUT2D eigenvalue weighted by Gasteiger charge is 2.53. The predicted octanol–water partition coefficient (Wildman–Crippen LogP) is 4.40. The number of carbonyl (C=O) groups excluding carboxylic acids is 13. The van der Waals surface area contributed by atoms with Gasteiger partial charge in [0.1, 0.15) is 41.8 Å². The maximum Gasteiger partial charge on any atom is 0.411 e. The van der Waals surface area contributed by atoms with Crippen LogP contribution in [-0.4, -0.2) is 255 Å². The van der Waals surface area contributed by atoms with Gasteiger partial charge in [0, 0.05) is 103 Å². The van der Waals surface area contributed by atoms with Gasteiger partial charge in [-0.2, -0.15) is 0 Å². The van der Waals surface area contributed by atoms with Crippen LogP contribution in [0, 0.1) is 29.6 Å². The second-order valence-electron chi connectivity index (χ2n) is 31.6. The topological polar surface area (TPSA) is 493 Å². The molecule has 14 atom stereocenters. The zero-order valence-corrected chi connectivity index (χ0v) is 71.4. The first-order chi connectivity index (χ1) is 56.4. The van der Waals surface area contributed by atoms with E-state index in [1.807, 2.05) is 49.6 Å². The minimum Gasteiger partial charge on any atom is -0.481 e. The highest BCUT2D eigenvalue weighted by Crippen LogP contribution is 2.44. The van der Waals surface area contributed by atoms with Crippen LogP contribution in [-0.2, 0) is 101 Å². The number of anilines is 1. The number of carbonyl (C=O) groups is 14. The minimum absolute atomic E-state index is 0.0214.